The number of rotatable bonds is 0. The third-order valence-electron chi connectivity index (χ3n) is 2.18. The van der Waals surface area contributed by atoms with Crippen molar-refractivity contribution < 1.29 is 17.1 Å². The summed E-state index contributed by atoms with van der Waals surface area (Å²) in [5.74, 6) is 0. The molecule has 0 atom stereocenters. The van der Waals surface area contributed by atoms with Crippen molar-refractivity contribution in [1.29, 1.82) is 5.41 Å². The van der Waals surface area contributed by atoms with Crippen LogP contribution in [0.1, 0.15) is 0 Å². The van der Waals surface area contributed by atoms with E-state index in [1.807, 2.05) is 36.7 Å². The molecule has 0 saturated carbocycles. The van der Waals surface area contributed by atoms with E-state index in [2.05, 4.69) is 22.1 Å². The minimum absolute atomic E-state index is 0. The SMILES string of the molecule is N=c1cccc[nH]1.[Fe].c1ccc2c[nH]cc2c1. The summed E-state index contributed by atoms with van der Waals surface area (Å²) >= 11 is 0. The Morgan fingerprint density at radius 2 is 1.41 bits per heavy atom. The van der Waals surface area contributed by atoms with E-state index in [4.69, 9.17) is 5.41 Å². The Morgan fingerprint density at radius 3 is 1.82 bits per heavy atom. The molecule has 3 nitrogen and oxygen atoms in total. The predicted molar refractivity (Wildman–Crippen MR) is 64.9 cm³/mol. The summed E-state index contributed by atoms with van der Waals surface area (Å²) in [5, 5.41) is 9.49. The second kappa shape index (κ2) is 6.74. The normalized spacial score (nSPS) is 8.94. The van der Waals surface area contributed by atoms with Crippen LogP contribution in [0.2, 0.25) is 0 Å². The maximum absolute atomic E-state index is 6.94. The molecule has 2 heterocycles. The van der Waals surface area contributed by atoms with E-state index < -0.39 is 0 Å². The molecule has 0 bridgehead atoms. The quantitative estimate of drug-likeness (QED) is 0.524. The van der Waals surface area contributed by atoms with Crippen LogP contribution in [-0.2, 0) is 17.1 Å². The smallest absolute Gasteiger partial charge is 0.121 e. The Bertz CT molecular complexity index is 565. The molecular formula is C13H13FeN3. The summed E-state index contributed by atoms with van der Waals surface area (Å²) in [7, 11) is 0. The molecule has 1 aromatic carbocycles. The molecule has 0 fully saturated rings. The van der Waals surface area contributed by atoms with Gasteiger partial charge in [-0.15, -0.1) is 0 Å². The van der Waals surface area contributed by atoms with Crippen molar-refractivity contribution in [3.05, 3.63) is 66.5 Å². The molecule has 0 spiro atoms. The maximum Gasteiger partial charge on any atom is 0.121 e. The molecule has 0 saturated heterocycles. The van der Waals surface area contributed by atoms with Gasteiger partial charge in [-0.2, -0.15) is 0 Å². The second-order valence-corrected chi connectivity index (χ2v) is 3.36. The Balaban J connectivity index is 0.000000166. The number of benzene rings is 1. The van der Waals surface area contributed by atoms with Crippen molar-refractivity contribution in [1.82, 2.24) is 9.97 Å². The first kappa shape index (κ1) is 13.3. The zero-order valence-corrected chi connectivity index (χ0v) is 10.2. The van der Waals surface area contributed by atoms with Gasteiger partial charge in [0.15, 0.2) is 0 Å². The van der Waals surface area contributed by atoms with Crippen molar-refractivity contribution >= 4 is 10.8 Å². The van der Waals surface area contributed by atoms with Crippen LogP contribution >= 0.6 is 0 Å². The molecule has 4 heteroatoms. The summed E-state index contributed by atoms with van der Waals surface area (Å²) < 4.78 is 0. The number of hydrogen-bond donors (Lipinski definition) is 3. The zero-order valence-electron chi connectivity index (χ0n) is 9.13. The second-order valence-electron chi connectivity index (χ2n) is 3.36. The molecule has 0 unspecified atom stereocenters. The summed E-state index contributed by atoms with van der Waals surface area (Å²) in [6.45, 7) is 0. The van der Waals surface area contributed by atoms with Gasteiger partial charge < -0.3 is 9.97 Å². The first-order valence-electron chi connectivity index (χ1n) is 5.06. The van der Waals surface area contributed by atoms with E-state index in [9.17, 15) is 0 Å². The van der Waals surface area contributed by atoms with Crippen molar-refractivity contribution in [3.8, 4) is 0 Å². The fraction of sp³-hybridized carbons (Fsp3) is 0. The third kappa shape index (κ3) is 3.94. The minimum atomic E-state index is 0. The van der Waals surface area contributed by atoms with E-state index >= 15 is 0 Å². The van der Waals surface area contributed by atoms with Crippen LogP contribution in [0.5, 0.6) is 0 Å². The number of H-pyrrole nitrogens is 2. The Labute approximate surface area is 110 Å². The molecule has 0 aliphatic heterocycles. The van der Waals surface area contributed by atoms with Crippen LogP contribution < -0.4 is 5.49 Å². The van der Waals surface area contributed by atoms with Crippen LogP contribution in [0.3, 0.4) is 0 Å². The average molecular weight is 267 g/mol. The van der Waals surface area contributed by atoms with Crippen LogP contribution in [0.15, 0.2) is 61.1 Å². The van der Waals surface area contributed by atoms with Gasteiger partial charge in [0.1, 0.15) is 5.49 Å². The molecule has 3 N–H and O–H groups in total. The zero-order chi connectivity index (χ0) is 11.2. The van der Waals surface area contributed by atoms with E-state index in [-0.39, 0.29) is 17.1 Å². The van der Waals surface area contributed by atoms with Crippen LogP contribution in [0, 0.1) is 5.41 Å². The van der Waals surface area contributed by atoms with Gasteiger partial charge in [-0.3, -0.25) is 5.41 Å². The third-order valence-corrected chi connectivity index (χ3v) is 2.18. The predicted octanol–water partition coefficient (Wildman–Crippen LogP) is 2.66. The van der Waals surface area contributed by atoms with Gasteiger partial charge in [-0.05, 0) is 22.9 Å². The fourth-order valence-corrected chi connectivity index (χ4v) is 1.39. The molecule has 2 aromatic heterocycles. The van der Waals surface area contributed by atoms with Gasteiger partial charge in [0, 0.05) is 35.7 Å². The van der Waals surface area contributed by atoms with Crippen LogP contribution in [0.4, 0.5) is 0 Å². The van der Waals surface area contributed by atoms with E-state index in [0.717, 1.165) is 0 Å². The van der Waals surface area contributed by atoms with Gasteiger partial charge in [0.2, 0.25) is 0 Å². The fourth-order valence-electron chi connectivity index (χ4n) is 1.39. The van der Waals surface area contributed by atoms with Crippen LogP contribution in [-0.4, -0.2) is 9.97 Å². The van der Waals surface area contributed by atoms with Gasteiger partial charge in [-0.25, -0.2) is 0 Å². The molecule has 0 radical (unpaired) electrons. The number of fused-ring (bicyclic) bond motifs is 1. The summed E-state index contributed by atoms with van der Waals surface area (Å²) in [6.07, 6.45) is 5.72. The first-order valence-corrected chi connectivity index (χ1v) is 5.06. The first-order chi connectivity index (χ1) is 7.86. The molecular weight excluding hydrogens is 254 g/mol. The topological polar surface area (TPSA) is 55.4 Å². The summed E-state index contributed by atoms with van der Waals surface area (Å²) in [5.41, 5.74) is 0.447. The average Bonchev–Trinajstić information content (AvgIpc) is 2.79. The standard InChI is InChI=1S/C8H7N.C5H6N2.Fe/c1-2-4-8-6-9-5-7(8)3-1;6-5-3-1-2-4-7-5;/h1-6,9H;1-4H,(H2,6,7);. The van der Waals surface area contributed by atoms with Crippen LogP contribution in [0.25, 0.3) is 10.8 Å². The van der Waals surface area contributed by atoms with Gasteiger partial charge in [-0.1, -0.05) is 30.3 Å². The Morgan fingerprint density at radius 1 is 0.824 bits per heavy atom. The maximum atomic E-state index is 6.94. The largest absolute Gasteiger partial charge is 0.366 e. The van der Waals surface area contributed by atoms with Crippen molar-refractivity contribution in [3.63, 3.8) is 0 Å². The molecule has 17 heavy (non-hydrogen) atoms. The Kier molecular flexibility index (Phi) is 5.27. The van der Waals surface area contributed by atoms with Crippen molar-refractivity contribution in [2.24, 2.45) is 0 Å². The van der Waals surface area contributed by atoms with Crippen molar-refractivity contribution in [2.45, 2.75) is 0 Å². The molecule has 3 rings (SSSR count). The van der Waals surface area contributed by atoms with E-state index in [0.29, 0.717) is 5.49 Å². The van der Waals surface area contributed by atoms with Crippen molar-refractivity contribution in [2.75, 3.05) is 0 Å². The molecule has 88 valence electrons. The number of aromatic amines is 2. The van der Waals surface area contributed by atoms with Gasteiger partial charge in [0.05, 0.1) is 0 Å². The monoisotopic (exact) mass is 267 g/mol. The van der Waals surface area contributed by atoms with E-state index in [1.165, 1.54) is 10.8 Å². The summed E-state index contributed by atoms with van der Waals surface area (Å²) in [6, 6.07) is 13.6. The van der Waals surface area contributed by atoms with Gasteiger partial charge in [0.25, 0.3) is 0 Å². The Hall–Kier alpha value is -1.77. The van der Waals surface area contributed by atoms with E-state index in [1.54, 1.807) is 12.3 Å². The molecule has 0 aliphatic rings. The molecule has 0 aliphatic carbocycles. The van der Waals surface area contributed by atoms with Gasteiger partial charge >= 0.3 is 0 Å². The molecule has 0 amide bonds. The number of nitrogens with one attached hydrogen (secondary N) is 3. The number of aromatic nitrogens is 2. The number of pyridine rings is 1. The number of hydrogen-bond acceptors (Lipinski definition) is 1. The molecule has 3 aromatic rings. The summed E-state index contributed by atoms with van der Waals surface area (Å²) in [4.78, 5) is 5.74. The minimum Gasteiger partial charge on any atom is -0.366 e.